The van der Waals surface area contributed by atoms with Crippen molar-refractivity contribution < 1.29 is 14.3 Å². The van der Waals surface area contributed by atoms with E-state index in [2.05, 4.69) is 15.9 Å². The smallest absolute Gasteiger partial charge is 0.289 e. The van der Waals surface area contributed by atoms with Gasteiger partial charge in [0.2, 0.25) is 0 Å². The Morgan fingerprint density at radius 2 is 2.28 bits per heavy atom. The number of fused-ring (bicyclic) bond motifs is 1. The Hall–Kier alpha value is -1.33. The molecule has 1 N–H and O–H groups in total. The molecule has 2 aromatic rings. The normalized spacial score (nSPS) is 19.7. The number of benzene rings is 1. The summed E-state index contributed by atoms with van der Waals surface area (Å²) >= 11 is 3.38. The fourth-order valence-corrected chi connectivity index (χ4v) is 2.58. The molecule has 1 saturated heterocycles. The topological polar surface area (TPSA) is 53.7 Å². The molecule has 5 heteroatoms. The van der Waals surface area contributed by atoms with E-state index in [1.165, 1.54) is 0 Å². The molecule has 1 aromatic carbocycles. The first-order valence-electron chi connectivity index (χ1n) is 5.80. The SMILES string of the molecule is O=C(c1cc2cc(Br)ccc2o1)N1CC[C@H](O)C1. The lowest BCUT2D eigenvalue weighted by Gasteiger charge is -2.12. The number of amides is 1. The molecule has 0 unspecified atom stereocenters. The Morgan fingerprint density at radius 1 is 1.44 bits per heavy atom. The highest BCUT2D eigenvalue weighted by Crippen LogP contribution is 2.24. The predicted octanol–water partition coefficient (Wildman–Crippen LogP) is 2.40. The number of halogens is 1. The molecule has 1 aliphatic heterocycles. The number of hydrogen-bond acceptors (Lipinski definition) is 3. The van der Waals surface area contributed by atoms with Crippen LogP contribution in [-0.4, -0.2) is 35.1 Å². The summed E-state index contributed by atoms with van der Waals surface area (Å²) in [6.07, 6.45) is 0.227. The molecule has 0 aliphatic carbocycles. The lowest BCUT2D eigenvalue weighted by Crippen LogP contribution is -2.29. The number of furan rings is 1. The summed E-state index contributed by atoms with van der Waals surface area (Å²) in [5, 5.41) is 10.3. The largest absolute Gasteiger partial charge is 0.451 e. The van der Waals surface area contributed by atoms with Crippen LogP contribution < -0.4 is 0 Å². The van der Waals surface area contributed by atoms with Crippen LogP contribution in [0.2, 0.25) is 0 Å². The van der Waals surface area contributed by atoms with E-state index in [-0.39, 0.29) is 5.91 Å². The van der Waals surface area contributed by atoms with Gasteiger partial charge in [0.25, 0.3) is 5.91 Å². The number of rotatable bonds is 1. The Morgan fingerprint density at radius 3 is 3.00 bits per heavy atom. The van der Waals surface area contributed by atoms with E-state index in [0.717, 1.165) is 9.86 Å². The number of aliphatic hydroxyl groups is 1. The van der Waals surface area contributed by atoms with Gasteiger partial charge in [0.1, 0.15) is 5.58 Å². The van der Waals surface area contributed by atoms with Crippen LogP contribution in [0, 0.1) is 0 Å². The number of β-amino-alcohol motifs (C(OH)–C–C–N with tert-alkyl or cyclic N) is 1. The van der Waals surface area contributed by atoms with Crippen molar-refractivity contribution in [2.75, 3.05) is 13.1 Å². The molecule has 1 aromatic heterocycles. The fourth-order valence-electron chi connectivity index (χ4n) is 2.20. The minimum atomic E-state index is -0.410. The molecule has 0 radical (unpaired) electrons. The van der Waals surface area contributed by atoms with E-state index in [1.54, 1.807) is 11.0 Å². The highest BCUT2D eigenvalue weighted by Gasteiger charge is 2.27. The first-order valence-corrected chi connectivity index (χ1v) is 6.59. The van der Waals surface area contributed by atoms with Gasteiger partial charge in [0.15, 0.2) is 5.76 Å². The summed E-state index contributed by atoms with van der Waals surface area (Å²) in [7, 11) is 0. The molecule has 1 atom stereocenters. The second kappa shape index (κ2) is 4.40. The van der Waals surface area contributed by atoms with Gasteiger partial charge in [-0.25, -0.2) is 0 Å². The van der Waals surface area contributed by atoms with Crippen LogP contribution in [0.1, 0.15) is 17.0 Å². The Bertz CT molecular complexity index is 607. The zero-order valence-corrected chi connectivity index (χ0v) is 11.2. The van der Waals surface area contributed by atoms with Crippen LogP contribution in [0.25, 0.3) is 11.0 Å². The standard InChI is InChI=1S/C13H12BrNO3/c14-9-1-2-11-8(5-9)6-12(18-11)13(17)15-4-3-10(16)7-15/h1-2,5-6,10,16H,3-4,7H2/t10-/m0/s1. The fraction of sp³-hybridized carbons (Fsp3) is 0.308. The van der Waals surface area contributed by atoms with Gasteiger partial charge in [-0.2, -0.15) is 0 Å². The van der Waals surface area contributed by atoms with Crippen LogP contribution >= 0.6 is 15.9 Å². The van der Waals surface area contributed by atoms with Crippen LogP contribution in [0.5, 0.6) is 0 Å². The van der Waals surface area contributed by atoms with Crippen molar-refractivity contribution in [3.05, 3.63) is 34.5 Å². The van der Waals surface area contributed by atoms with Crippen LogP contribution in [0.3, 0.4) is 0 Å². The van der Waals surface area contributed by atoms with Gasteiger partial charge < -0.3 is 14.4 Å². The van der Waals surface area contributed by atoms with Crippen LogP contribution in [0.15, 0.2) is 33.2 Å². The second-order valence-electron chi connectivity index (χ2n) is 4.49. The van der Waals surface area contributed by atoms with Gasteiger partial charge in [0, 0.05) is 22.9 Å². The maximum Gasteiger partial charge on any atom is 0.289 e. The first kappa shape index (κ1) is 11.7. The molecular weight excluding hydrogens is 298 g/mol. The van der Waals surface area contributed by atoms with Gasteiger partial charge in [-0.1, -0.05) is 15.9 Å². The average molecular weight is 310 g/mol. The Kier molecular flexibility index (Phi) is 2.87. The van der Waals surface area contributed by atoms with E-state index in [0.29, 0.717) is 30.9 Å². The quantitative estimate of drug-likeness (QED) is 0.880. The average Bonchev–Trinajstić information content (AvgIpc) is 2.93. The summed E-state index contributed by atoms with van der Waals surface area (Å²) in [5.74, 6) is 0.177. The zero-order valence-electron chi connectivity index (χ0n) is 9.60. The molecule has 1 aliphatic rings. The second-order valence-corrected chi connectivity index (χ2v) is 5.40. The van der Waals surface area contributed by atoms with Gasteiger partial charge >= 0.3 is 0 Å². The van der Waals surface area contributed by atoms with Crippen molar-refractivity contribution in [3.8, 4) is 0 Å². The monoisotopic (exact) mass is 309 g/mol. The molecular formula is C13H12BrNO3. The lowest BCUT2D eigenvalue weighted by atomic mass is 10.2. The van der Waals surface area contributed by atoms with Crippen LogP contribution in [-0.2, 0) is 0 Å². The summed E-state index contributed by atoms with van der Waals surface area (Å²) in [4.78, 5) is 13.8. The van der Waals surface area contributed by atoms with E-state index < -0.39 is 6.10 Å². The molecule has 18 heavy (non-hydrogen) atoms. The van der Waals surface area contributed by atoms with E-state index in [9.17, 15) is 9.90 Å². The van der Waals surface area contributed by atoms with Crippen molar-refractivity contribution >= 4 is 32.8 Å². The summed E-state index contributed by atoms with van der Waals surface area (Å²) < 4.78 is 6.49. The molecule has 4 nitrogen and oxygen atoms in total. The molecule has 1 amide bonds. The predicted molar refractivity (Wildman–Crippen MR) is 70.4 cm³/mol. The minimum Gasteiger partial charge on any atom is -0.451 e. The molecule has 1 fully saturated rings. The molecule has 2 heterocycles. The molecule has 94 valence electrons. The minimum absolute atomic E-state index is 0.154. The number of carbonyl (C=O) groups excluding carboxylic acids is 1. The number of aliphatic hydroxyl groups excluding tert-OH is 1. The molecule has 0 spiro atoms. The maximum absolute atomic E-state index is 12.2. The van der Waals surface area contributed by atoms with Gasteiger partial charge in [-0.15, -0.1) is 0 Å². The van der Waals surface area contributed by atoms with Gasteiger partial charge in [-0.3, -0.25) is 4.79 Å². The third kappa shape index (κ3) is 2.04. The summed E-state index contributed by atoms with van der Waals surface area (Å²) in [6.45, 7) is 0.973. The van der Waals surface area contributed by atoms with E-state index in [1.807, 2.05) is 18.2 Å². The molecule has 0 saturated carbocycles. The van der Waals surface area contributed by atoms with Crippen molar-refractivity contribution in [3.63, 3.8) is 0 Å². The number of nitrogens with zero attached hydrogens (tertiary/aromatic N) is 1. The van der Waals surface area contributed by atoms with E-state index >= 15 is 0 Å². The van der Waals surface area contributed by atoms with Crippen LogP contribution in [0.4, 0.5) is 0 Å². The summed E-state index contributed by atoms with van der Waals surface area (Å²) in [6, 6.07) is 7.36. The van der Waals surface area contributed by atoms with Crippen molar-refractivity contribution in [2.45, 2.75) is 12.5 Å². The first-order chi connectivity index (χ1) is 8.63. The van der Waals surface area contributed by atoms with Gasteiger partial charge in [0.05, 0.1) is 6.10 Å². The molecule has 3 rings (SSSR count). The van der Waals surface area contributed by atoms with Gasteiger partial charge in [-0.05, 0) is 30.7 Å². The number of hydrogen-bond donors (Lipinski definition) is 1. The number of likely N-dealkylation sites (tertiary alicyclic amines) is 1. The highest BCUT2D eigenvalue weighted by atomic mass is 79.9. The maximum atomic E-state index is 12.2. The van der Waals surface area contributed by atoms with Crippen molar-refractivity contribution in [2.24, 2.45) is 0 Å². The van der Waals surface area contributed by atoms with E-state index in [4.69, 9.17) is 4.42 Å². The number of carbonyl (C=O) groups is 1. The zero-order chi connectivity index (χ0) is 12.7. The lowest BCUT2D eigenvalue weighted by molar-refractivity contribution is 0.0736. The van der Waals surface area contributed by atoms with Crippen molar-refractivity contribution in [1.29, 1.82) is 0 Å². The Labute approximate surface area is 112 Å². The summed E-state index contributed by atoms with van der Waals surface area (Å²) in [5.41, 5.74) is 0.696. The van der Waals surface area contributed by atoms with Crippen molar-refractivity contribution in [1.82, 2.24) is 4.90 Å². The third-order valence-electron chi connectivity index (χ3n) is 3.14. The molecule has 0 bridgehead atoms. The highest BCUT2D eigenvalue weighted by molar-refractivity contribution is 9.10. The Balaban J connectivity index is 1.92. The third-order valence-corrected chi connectivity index (χ3v) is 3.63.